The molecule has 24 heavy (non-hydrogen) atoms. The van der Waals surface area contributed by atoms with Gasteiger partial charge in [0, 0.05) is 24.8 Å². The number of rotatable bonds is 5. The minimum atomic E-state index is -0.778. The number of amides is 2. The Morgan fingerprint density at radius 1 is 1.50 bits per heavy atom. The minimum Gasteiger partial charge on any atom is -0.489 e. The van der Waals surface area contributed by atoms with Crippen LogP contribution < -0.4 is 10.1 Å². The maximum Gasteiger partial charge on any atom is 0.321 e. The Labute approximate surface area is 141 Å². The molecule has 2 atom stereocenters. The third-order valence-electron chi connectivity index (χ3n) is 5.04. The molecule has 0 bridgehead atoms. The van der Waals surface area contributed by atoms with Crippen molar-refractivity contribution in [2.75, 3.05) is 25.0 Å². The number of aliphatic carboxylic acids is 1. The lowest BCUT2D eigenvalue weighted by atomic mass is 9.81. The molecular formula is C18H22N2O4. The van der Waals surface area contributed by atoms with Gasteiger partial charge < -0.3 is 20.1 Å². The van der Waals surface area contributed by atoms with Crippen molar-refractivity contribution in [3.63, 3.8) is 0 Å². The lowest BCUT2D eigenvalue weighted by Crippen LogP contribution is -2.38. The Kier molecular flexibility index (Phi) is 4.46. The highest BCUT2D eigenvalue weighted by Crippen LogP contribution is 2.48. The molecule has 0 unspecified atom stereocenters. The van der Waals surface area contributed by atoms with E-state index >= 15 is 0 Å². The molecule has 1 saturated heterocycles. The zero-order valence-corrected chi connectivity index (χ0v) is 13.5. The van der Waals surface area contributed by atoms with Gasteiger partial charge in [0.05, 0.1) is 5.41 Å². The van der Waals surface area contributed by atoms with Crippen LogP contribution in [0.25, 0.3) is 0 Å². The topological polar surface area (TPSA) is 78.9 Å². The Morgan fingerprint density at radius 2 is 2.33 bits per heavy atom. The quantitative estimate of drug-likeness (QED) is 0.814. The molecule has 0 radical (unpaired) electrons. The van der Waals surface area contributed by atoms with E-state index in [-0.39, 0.29) is 18.5 Å². The molecule has 2 aliphatic rings. The highest BCUT2D eigenvalue weighted by atomic mass is 16.5. The predicted molar refractivity (Wildman–Crippen MR) is 90.1 cm³/mol. The molecule has 1 aliphatic carbocycles. The summed E-state index contributed by atoms with van der Waals surface area (Å²) in [6.45, 7) is 4.78. The van der Waals surface area contributed by atoms with E-state index in [1.807, 2.05) is 0 Å². The average molecular weight is 330 g/mol. The van der Waals surface area contributed by atoms with Crippen LogP contribution in [0.1, 0.15) is 19.3 Å². The van der Waals surface area contributed by atoms with Crippen LogP contribution in [0.4, 0.5) is 10.5 Å². The zero-order chi connectivity index (χ0) is 17.2. The van der Waals surface area contributed by atoms with Crippen LogP contribution >= 0.6 is 0 Å². The van der Waals surface area contributed by atoms with Gasteiger partial charge in [0.2, 0.25) is 0 Å². The van der Waals surface area contributed by atoms with Crippen LogP contribution in [0, 0.1) is 11.3 Å². The van der Waals surface area contributed by atoms with Crippen LogP contribution in [0.3, 0.4) is 0 Å². The van der Waals surface area contributed by atoms with Gasteiger partial charge in [-0.15, -0.1) is 0 Å². The molecule has 1 aliphatic heterocycles. The number of likely N-dealkylation sites (tertiary alicyclic amines) is 1. The Bertz CT molecular complexity index is 660. The van der Waals surface area contributed by atoms with Crippen molar-refractivity contribution >= 4 is 17.7 Å². The Hall–Kier alpha value is -2.50. The normalized spacial score (nSPS) is 25.2. The molecular weight excluding hydrogens is 308 g/mol. The fraction of sp³-hybridized carbons (Fsp3) is 0.444. The first-order chi connectivity index (χ1) is 11.5. The number of carboxylic acids is 1. The second kappa shape index (κ2) is 6.55. The number of carbonyl (C=O) groups is 2. The summed E-state index contributed by atoms with van der Waals surface area (Å²) in [4.78, 5) is 25.8. The van der Waals surface area contributed by atoms with E-state index < -0.39 is 11.4 Å². The third-order valence-corrected chi connectivity index (χ3v) is 5.04. The summed E-state index contributed by atoms with van der Waals surface area (Å²) >= 11 is 0. The summed E-state index contributed by atoms with van der Waals surface area (Å²) in [5, 5.41) is 12.4. The number of anilines is 1. The first-order valence-corrected chi connectivity index (χ1v) is 8.18. The first-order valence-electron chi connectivity index (χ1n) is 8.18. The van der Waals surface area contributed by atoms with E-state index in [1.54, 1.807) is 35.2 Å². The molecule has 0 spiro atoms. The first kappa shape index (κ1) is 16.4. The van der Waals surface area contributed by atoms with E-state index in [0.29, 0.717) is 31.0 Å². The average Bonchev–Trinajstić information content (AvgIpc) is 3.11. The van der Waals surface area contributed by atoms with Gasteiger partial charge in [0.15, 0.2) is 0 Å². The van der Waals surface area contributed by atoms with Gasteiger partial charge in [-0.1, -0.05) is 25.1 Å². The highest BCUT2D eigenvalue weighted by Gasteiger charge is 2.55. The smallest absolute Gasteiger partial charge is 0.321 e. The van der Waals surface area contributed by atoms with Gasteiger partial charge in [-0.2, -0.15) is 0 Å². The van der Waals surface area contributed by atoms with E-state index in [2.05, 4.69) is 11.9 Å². The van der Waals surface area contributed by atoms with Crippen molar-refractivity contribution in [1.29, 1.82) is 0 Å². The number of fused-ring (bicyclic) bond motifs is 1. The molecule has 2 fully saturated rings. The molecule has 6 heteroatoms. The SMILES string of the molecule is C=CCOc1cccc(NC(=O)N2C[C@@H]3CCC[C@@]3(C(=O)O)C2)c1. The Morgan fingerprint density at radius 3 is 3.04 bits per heavy atom. The number of nitrogens with one attached hydrogen (secondary N) is 1. The number of carbonyl (C=O) groups excluding carboxylic acids is 1. The lowest BCUT2D eigenvalue weighted by molar-refractivity contribution is -0.149. The van der Waals surface area contributed by atoms with Gasteiger partial charge in [-0.25, -0.2) is 4.79 Å². The van der Waals surface area contributed by atoms with Crippen LogP contribution in [0.15, 0.2) is 36.9 Å². The third kappa shape index (κ3) is 2.96. The summed E-state index contributed by atoms with van der Waals surface area (Å²) in [6.07, 6.45) is 4.11. The van der Waals surface area contributed by atoms with E-state index in [4.69, 9.17) is 4.74 Å². The van der Waals surface area contributed by atoms with Gasteiger partial charge >= 0.3 is 12.0 Å². The molecule has 128 valence electrons. The molecule has 2 amide bonds. The number of nitrogens with zero attached hydrogens (tertiary/aromatic N) is 1. The summed E-state index contributed by atoms with van der Waals surface area (Å²) in [7, 11) is 0. The van der Waals surface area contributed by atoms with Gasteiger partial charge in [0.25, 0.3) is 0 Å². The summed E-state index contributed by atoms with van der Waals surface area (Å²) in [5.74, 6) is -0.0730. The van der Waals surface area contributed by atoms with E-state index in [9.17, 15) is 14.7 Å². The summed E-state index contributed by atoms with van der Waals surface area (Å²) in [6, 6.07) is 6.86. The van der Waals surface area contributed by atoms with Gasteiger partial charge in [-0.05, 0) is 30.9 Å². The molecule has 1 saturated carbocycles. The van der Waals surface area contributed by atoms with Crippen LogP contribution in [-0.2, 0) is 4.79 Å². The lowest BCUT2D eigenvalue weighted by Gasteiger charge is -2.23. The molecule has 1 aromatic carbocycles. The largest absolute Gasteiger partial charge is 0.489 e. The molecule has 2 N–H and O–H groups in total. The zero-order valence-electron chi connectivity index (χ0n) is 13.5. The second-order valence-corrected chi connectivity index (χ2v) is 6.49. The predicted octanol–water partition coefficient (Wildman–Crippen LogP) is 2.97. The van der Waals surface area contributed by atoms with Crippen molar-refractivity contribution in [3.05, 3.63) is 36.9 Å². The van der Waals surface area contributed by atoms with Crippen molar-refractivity contribution < 1.29 is 19.4 Å². The van der Waals surface area contributed by atoms with E-state index in [1.165, 1.54) is 0 Å². The monoisotopic (exact) mass is 330 g/mol. The van der Waals surface area contributed by atoms with Crippen molar-refractivity contribution in [2.24, 2.45) is 11.3 Å². The standard InChI is InChI=1S/C18H22N2O4/c1-2-9-24-15-7-3-6-14(10-15)19-17(23)20-11-13-5-4-8-18(13,12-20)16(21)22/h2-3,6-7,10,13H,1,4-5,8-9,11-12H2,(H,19,23)(H,21,22)/t13-,18+/m0/s1. The maximum atomic E-state index is 12.5. The van der Waals surface area contributed by atoms with Crippen LogP contribution in [0.2, 0.25) is 0 Å². The summed E-state index contributed by atoms with van der Waals surface area (Å²) in [5.41, 5.74) is -0.130. The van der Waals surface area contributed by atoms with Gasteiger partial charge in [0.1, 0.15) is 12.4 Å². The number of hydrogen-bond donors (Lipinski definition) is 2. The number of carboxylic acid groups (broad SMARTS) is 1. The Balaban J connectivity index is 1.66. The van der Waals surface area contributed by atoms with Crippen molar-refractivity contribution in [3.8, 4) is 5.75 Å². The fourth-order valence-corrected chi connectivity index (χ4v) is 3.81. The minimum absolute atomic E-state index is 0.0583. The second-order valence-electron chi connectivity index (χ2n) is 6.49. The highest BCUT2D eigenvalue weighted by molar-refractivity contribution is 5.90. The van der Waals surface area contributed by atoms with Crippen molar-refractivity contribution in [1.82, 2.24) is 4.90 Å². The van der Waals surface area contributed by atoms with E-state index in [0.717, 1.165) is 12.8 Å². The van der Waals surface area contributed by atoms with Crippen molar-refractivity contribution in [2.45, 2.75) is 19.3 Å². The van der Waals surface area contributed by atoms with Gasteiger partial charge in [-0.3, -0.25) is 4.79 Å². The summed E-state index contributed by atoms with van der Waals surface area (Å²) < 4.78 is 5.45. The molecule has 1 heterocycles. The molecule has 0 aromatic heterocycles. The van der Waals surface area contributed by atoms with Crippen LogP contribution in [-0.4, -0.2) is 41.7 Å². The molecule has 1 aromatic rings. The van der Waals surface area contributed by atoms with Crippen LogP contribution in [0.5, 0.6) is 5.75 Å². The maximum absolute atomic E-state index is 12.5. The number of hydrogen-bond acceptors (Lipinski definition) is 3. The number of benzene rings is 1. The number of urea groups is 1. The number of ether oxygens (including phenoxy) is 1. The molecule has 6 nitrogen and oxygen atoms in total. The fourth-order valence-electron chi connectivity index (χ4n) is 3.81. The molecule has 3 rings (SSSR count).